The van der Waals surface area contributed by atoms with E-state index in [1.165, 1.54) is 0 Å². The maximum absolute atomic E-state index is 4.04. The van der Waals surface area contributed by atoms with Crippen LogP contribution in [0.2, 0.25) is 0 Å². The standard InChI is InChI=1S/C11H14N4/c1-9(2)8-15-11(12-13-14-15)10-6-4-3-5-7-10/h3-7,9H,8H2,1-2H3. The second-order valence-corrected chi connectivity index (χ2v) is 3.94. The van der Waals surface area contributed by atoms with Crippen molar-refractivity contribution in [3.8, 4) is 11.4 Å². The molecule has 1 aromatic heterocycles. The van der Waals surface area contributed by atoms with Crippen LogP contribution < -0.4 is 0 Å². The third-order valence-electron chi connectivity index (χ3n) is 2.10. The van der Waals surface area contributed by atoms with E-state index in [1.807, 2.05) is 35.0 Å². The third-order valence-corrected chi connectivity index (χ3v) is 2.10. The molecule has 0 saturated carbocycles. The summed E-state index contributed by atoms with van der Waals surface area (Å²) in [5.74, 6) is 1.38. The van der Waals surface area contributed by atoms with Crippen molar-refractivity contribution in [2.75, 3.05) is 0 Å². The maximum atomic E-state index is 4.04. The summed E-state index contributed by atoms with van der Waals surface area (Å²) >= 11 is 0. The molecule has 1 heterocycles. The molecule has 0 atom stereocenters. The monoisotopic (exact) mass is 202 g/mol. The lowest BCUT2D eigenvalue weighted by Crippen LogP contribution is -2.07. The first kappa shape index (κ1) is 9.83. The Morgan fingerprint density at radius 3 is 2.60 bits per heavy atom. The molecule has 0 N–H and O–H groups in total. The molecule has 15 heavy (non-hydrogen) atoms. The van der Waals surface area contributed by atoms with E-state index in [-0.39, 0.29) is 0 Å². The summed E-state index contributed by atoms with van der Waals surface area (Å²) in [6, 6.07) is 10.00. The number of aromatic nitrogens is 4. The predicted octanol–water partition coefficient (Wildman–Crippen LogP) is 2.00. The number of tetrazole rings is 1. The van der Waals surface area contributed by atoms with Crippen LogP contribution in [0.25, 0.3) is 11.4 Å². The average Bonchev–Trinajstić information content (AvgIpc) is 2.66. The number of benzene rings is 1. The summed E-state index contributed by atoms with van der Waals surface area (Å²) in [6.45, 7) is 5.14. The Morgan fingerprint density at radius 1 is 1.20 bits per heavy atom. The van der Waals surface area contributed by atoms with Gasteiger partial charge >= 0.3 is 0 Å². The lowest BCUT2D eigenvalue weighted by Gasteiger charge is -2.06. The van der Waals surface area contributed by atoms with Gasteiger partial charge in [-0.25, -0.2) is 4.68 Å². The highest BCUT2D eigenvalue weighted by Gasteiger charge is 2.08. The minimum absolute atomic E-state index is 0.538. The van der Waals surface area contributed by atoms with Crippen molar-refractivity contribution in [2.24, 2.45) is 5.92 Å². The van der Waals surface area contributed by atoms with Gasteiger partial charge in [-0.15, -0.1) is 5.10 Å². The van der Waals surface area contributed by atoms with Crippen LogP contribution in [0.1, 0.15) is 13.8 Å². The van der Waals surface area contributed by atoms with Crippen molar-refractivity contribution in [2.45, 2.75) is 20.4 Å². The third kappa shape index (κ3) is 2.21. The fourth-order valence-corrected chi connectivity index (χ4v) is 1.47. The molecule has 0 bridgehead atoms. The van der Waals surface area contributed by atoms with Crippen molar-refractivity contribution in [3.63, 3.8) is 0 Å². The summed E-state index contributed by atoms with van der Waals surface area (Å²) in [5, 5.41) is 11.7. The van der Waals surface area contributed by atoms with Crippen LogP contribution in [0.3, 0.4) is 0 Å². The van der Waals surface area contributed by atoms with Gasteiger partial charge in [0.1, 0.15) is 0 Å². The number of rotatable bonds is 3. The highest BCUT2D eigenvalue weighted by molar-refractivity contribution is 5.53. The molecule has 0 radical (unpaired) electrons. The Morgan fingerprint density at radius 2 is 1.93 bits per heavy atom. The van der Waals surface area contributed by atoms with Crippen molar-refractivity contribution in [1.29, 1.82) is 0 Å². The van der Waals surface area contributed by atoms with E-state index in [0.29, 0.717) is 5.92 Å². The van der Waals surface area contributed by atoms with E-state index in [4.69, 9.17) is 0 Å². The number of hydrogen-bond donors (Lipinski definition) is 0. The van der Waals surface area contributed by atoms with Gasteiger partial charge in [0.2, 0.25) is 0 Å². The van der Waals surface area contributed by atoms with E-state index in [2.05, 4.69) is 29.4 Å². The van der Waals surface area contributed by atoms with Crippen molar-refractivity contribution >= 4 is 0 Å². The summed E-state index contributed by atoms with van der Waals surface area (Å²) < 4.78 is 1.85. The molecule has 1 aromatic carbocycles. The second-order valence-electron chi connectivity index (χ2n) is 3.94. The van der Waals surface area contributed by atoms with Crippen LogP contribution in [0.5, 0.6) is 0 Å². The molecule has 0 spiro atoms. The molecular formula is C11H14N4. The number of nitrogens with zero attached hydrogens (tertiary/aromatic N) is 4. The van der Waals surface area contributed by atoms with Crippen molar-refractivity contribution < 1.29 is 0 Å². The summed E-state index contributed by atoms with van der Waals surface area (Å²) in [4.78, 5) is 0. The molecule has 2 aromatic rings. The first-order chi connectivity index (χ1) is 7.27. The molecule has 0 aliphatic carbocycles. The smallest absolute Gasteiger partial charge is 0.182 e. The summed E-state index contributed by atoms with van der Waals surface area (Å²) in [7, 11) is 0. The largest absolute Gasteiger partial charge is 0.225 e. The molecule has 0 unspecified atom stereocenters. The number of hydrogen-bond acceptors (Lipinski definition) is 3. The van der Waals surface area contributed by atoms with Gasteiger partial charge in [0.15, 0.2) is 5.82 Å². The van der Waals surface area contributed by atoms with E-state index >= 15 is 0 Å². The van der Waals surface area contributed by atoms with E-state index in [9.17, 15) is 0 Å². The average molecular weight is 202 g/mol. The van der Waals surface area contributed by atoms with Gasteiger partial charge in [0, 0.05) is 12.1 Å². The normalized spacial score (nSPS) is 10.9. The Bertz CT molecular complexity index is 419. The molecule has 0 aliphatic heterocycles. The first-order valence-corrected chi connectivity index (χ1v) is 5.09. The molecule has 0 saturated heterocycles. The zero-order valence-corrected chi connectivity index (χ0v) is 8.96. The predicted molar refractivity (Wildman–Crippen MR) is 58.1 cm³/mol. The van der Waals surface area contributed by atoms with Crippen molar-refractivity contribution in [1.82, 2.24) is 20.2 Å². The highest BCUT2D eigenvalue weighted by Crippen LogP contribution is 2.15. The van der Waals surface area contributed by atoms with Gasteiger partial charge in [-0.1, -0.05) is 44.2 Å². The quantitative estimate of drug-likeness (QED) is 0.764. The molecular weight excluding hydrogens is 188 g/mol. The van der Waals surface area contributed by atoms with Crippen LogP contribution in [-0.4, -0.2) is 20.2 Å². The topological polar surface area (TPSA) is 43.6 Å². The first-order valence-electron chi connectivity index (χ1n) is 5.09. The van der Waals surface area contributed by atoms with Crippen LogP contribution >= 0.6 is 0 Å². The molecule has 2 rings (SSSR count). The zero-order chi connectivity index (χ0) is 10.7. The van der Waals surface area contributed by atoms with Crippen LogP contribution in [0.15, 0.2) is 30.3 Å². The van der Waals surface area contributed by atoms with E-state index in [0.717, 1.165) is 17.9 Å². The summed E-state index contributed by atoms with van der Waals surface area (Å²) in [6.07, 6.45) is 0. The lowest BCUT2D eigenvalue weighted by molar-refractivity contribution is 0.475. The minimum Gasteiger partial charge on any atom is -0.225 e. The van der Waals surface area contributed by atoms with Crippen LogP contribution in [0.4, 0.5) is 0 Å². The molecule has 78 valence electrons. The van der Waals surface area contributed by atoms with Gasteiger partial charge in [0.05, 0.1) is 0 Å². The van der Waals surface area contributed by atoms with Gasteiger partial charge < -0.3 is 0 Å². The Labute approximate surface area is 88.9 Å². The second kappa shape index (κ2) is 4.21. The fourth-order valence-electron chi connectivity index (χ4n) is 1.47. The molecule has 0 aliphatic rings. The van der Waals surface area contributed by atoms with Crippen LogP contribution in [-0.2, 0) is 6.54 Å². The zero-order valence-electron chi connectivity index (χ0n) is 8.96. The van der Waals surface area contributed by atoms with Gasteiger partial charge in [-0.3, -0.25) is 0 Å². The SMILES string of the molecule is CC(C)Cn1nnnc1-c1ccccc1. The van der Waals surface area contributed by atoms with Crippen LogP contribution in [0, 0.1) is 5.92 Å². The Kier molecular flexibility index (Phi) is 2.76. The molecule has 4 heteroatoms. The fraction of sp³-hybridized carbons (Fsp3) is 0.364. The molecule has 0 amide bonds. The van der Waals surface area contributed by atoms with Gasteiger partial charge in [0.25, 0.3) is 0 Å². The Balaban J connectivity index is 2.33. The maximum Gasteiger partial charge on any atom is 0.182 e. The highest BCUT2D eigenvalue weighted by atomic mass is 15.5. The lowest BCUT2D eigenvalue weighted by atomic mass is 10.2. The van der Waals surface area contributed by atoms with Gasteiger partial charge in [-0.05, 0) is 16.3 Å². The van der Waals surface area contributed by atoms with Gasteiger partial charge in [-0.2, -0.15) is 0 Å². The molecule has 4 nitrogen and oxygen atoms in total. The Hall–Kier alpha value is -1.71. The van der Waals surface area contributed by atoms with Crippen molar-refractivity contribution in [3.05, 3.63) is 30.3 Å². The minimum atomic E-state index is 0.538. The molecule has 0 fully saturated rings. The van der Waals surface area contributed by atoms with E-state index < -0.39 is 0 Å². The summed E-state index contributed by atoms with van der Waals surface area (Å²) in [5.41, 5.74) is 1.06. The van der Waals surface area contributed by atoms with E-state index in [1.54, 1.807) is 0 Å².